The fourth-order valence-electron chi connectivity index (χ4n) is 3.68. The van der Waals surface area contributed by atoms with Crippen LogP contribution in [-0.2, 0) is 0 Å². The number of fused-ring (bicyclic) bond motifs is 1. The molecule has 1 fully saturated rings. The maximum absolute atomic E-state index is 13.1. The lowest BCUT2D eigenvalue weighted by Gasteiger charge is -2.25. The van der Waals surface area contributed by atoms with Crippen molar-refractivity contribution >= 4 is 16.8 Å². The van der Waals surface area contributed by atoms with Gasteiger partial charge >= 0.3 is 0 Å². The zero-order valence-corrected chi connectivity index (χ0v) is 14.4. The van der Waals surface area contributed by atoms with Gasteiger partial charge in [0.05, 0.1) is 5.56 Å². The van der Waals surface area contributed by atoms with E-state index in [1.807, 2.05) is 54.6 Å². The van der Waals surface area contributed by atoms with Gasteiger partial charge < -0.3 is 9.32 Å². The fourth-order valence-corrected chi connectivity index (χ4v) is 3.68. The summed E-state index contributed by atoms with van der Waals surface area (Å²) >= 11 is 0. The van der Waals surface area contributed by atoms with E-state index in [0.29, 0.717) is 12.2 Å². The molecule has 0 aliphatic carbocycles. The SMILES string of the molecule is O=C(CCN1CCCCC1)c1c(-c2ccccc2)oc2ccccc12. The zero-order chi connectivity index (χ0) is 17.1. The smallest absolute Gasteiger partial charge is 0.168 e. The highest BCUT2D eigenvalue weighted by Crippen LogP contribution is 2.34. The third kappa shape index (κ3) is 3.38. The molecule has 3 aromatic rings. The van der Waals surface area contributed by atoms with E-state index in [1.165, 1.54) is 19.3 Å². The van der Waals surface area contributed by atoms with Crippen molar-refractivity contribution in [3.63, 3.8) is 0 Å². The first-order valence-electron chi connectivity index (χ1n) is 9.15. The highest BCUT2D eigenvalue weighted by atomic mass is 16.3. The minimum atomic E-state index is 0.175. The second kappa shape index (κ2) is 7.24. The third-order valence-corrected chi connectivity index (χ3v) is 5.01. The lowest BCUT2D eigenvalue weighted by molar-refractivity contribution is 0.0960. The van der Waals surface area contributed by atoms with E-state index < -0.39 is 0 Å². The van der Waals surface area contributed by atoms with Crippen molar-refractivity contribution in [3.05, 3.63) is 60.2 Å². The number of para-hydroxylation sites is 1. The van der Waals surface area contributed by atoms with Crippen LogP contribution in [0.5, 0.6) is 0 Å². The molecule has 25 heavy (non-hydrogen) atoms. The van der Waals surface area contributed by atoms with Crippen LogP contribution < -0.4 is 0 Å². The summed E-state index contributed by atoms with van der Waals surface area (Å²) in [4.78, 5) is 15.5. The number of Topliss-reactive ketones (excluding diaryl/α,β-unsaturated/α-hetero) is 1. The molecule has 1 aliphatic rings. The molecule has 0 spiro atoms. The van der Waals surface area contributed by atoms with Crippen LogP contribution in [0, 0.1) is 0 Å². The Morgan fingerprint density at radius 1 is 0.920 bits per heavy atom. The second-order valence-corrected chi connectivity index (χ2v) is 6.74. The quantitative estimate of drug-likeness (QED) is 0.605. The van der Waals surface area contributed by atoms with Crippen molar-refractivity contribution in [1.82, 2.24) is 4.90 Å². The van der Waals surface area contributed by atoms with Crippen LogP contribution >= 0.6 is 0 Å². The lowest BCUT2D eigenvalue weighted by Crippen LogP contribution is -2.31. The Hall–Kier alpha value is -2.39. The largest absolute Gasteiger partial charge is 0.455 e. The molecule has 0 N–H and O–H groups in total. The van der Waals surface area contributed by atoms with Crippen LogP contribution in [0.3, 0.4) is 0 Å². The predicted molar refractivity (Wildman–Crippen MR) is 101 cm³/mol. The van der Waals surface area contributed by atoms with Gasteiger partial charge in [-0.15, -0.1) is 0 Å². The molecule has 0 radical (unpaired) electrons. The predicted octanol–water partition coefficient (Wildman–Crippen LogP) is 5.16. The minimum absolute atomic E-state index is 0.175. The first kappa shape index (κ1) is 16.1. The lowest BCUT2D eigenvalue weighted by atomic mass is 10.00. The molecular weight excluding hydrogens is 310 g/mol. The molecular formula is C22H23NO2. The number of hydrogen-bond donors (Lipinski definition) is 0. The van der Waals surface area contributed by atoms with E-state index >= 15 is 0 Å². The average Bonchev–Trinajstić information content (AvgIpc) is 3.07. The Labute approximate surface area is 148 Å². The summed E-state index contributed by atoms with van der Waals surface area (Å²) in [6.07, 6.45) is 4.36. The van der Waals surface area contributed by atoms with Crippen LogP contribution in [-0.4, -0.2) is 30.3 Å². The summed E-state index contributed by atoms with van der Waals surface area (Å²) in [6, 6.07) is 17.8. The molecule has 1 aliphatic heterocycles. The number of piperidine rings is 1. The second-order valence-electron chi connectivity index (χ2n) is 6.74. The molecule has 0 saturated carbocycles. The van der Waals surface area contributed by atoms with E-state index in [-0.39, 0.29) is 5.78 Å². The molecule has 0 bridgehead atoms. The average molecular weight is 333 g/mol. The molecule has 2 aromatic carbocycles. The summed E-state index contributed by atoms with van der Waals surface area (Å²) < 4.78 is 6.06. The van der Waals surface area contributed by atoms with E-state index in [4.69, 9.17) is 4.42 Å². The number of benzene rings is 2. The first-order chi connectivity index (χ1) is 12.3. The van der Waals surface area contributed by atoms with Gasteiger partial charge in [0.2, 0.25) is 0 Å². The number of rotatable bonds is 5. The van der Waals surface area contributed by atoms with Gasteiger partial charge in [-0.3, -0.25) is 4.79 Å². The number of furan rings is 1. The van der Waals surface area contributed by atoms with Crippen molar-refractivity contribution in [2.24, 2.45) is 0 Å². The Morgan fingerprint density at radius 3 is 2.44 bits per heavy atom. The topological polar surface area (TPSA) is 33.5 Å². The zero-order valence-electron chi connectivity index (χ0n) is 14.4. The first-order valence-corrected chi connectivity index (χ1v) is 9.15. The van der Waals surface area contributed by atoms with Gasteiger partial charge in [0.1, 0.15) is 11.3 Å². The molecule has 3 heteroatoms. The highest BCUT2D eigenvalue weighted by molar-refractivity contribution is 6.12. The van der Waals surface area contributed by atoms with Crippen LogP contribution in [0.1, 0.15) is 36.0 Å². The van der Waals surface area contributed by atoms with Crippen molar-refractivity contribution in [3.8, 4) is 11.3 Å². The van der Waals surface area contributed by atoms with Crippen LogP contribution in [0.15, 0.2) is 59.0 Å². The highest BCUT2D eigenvalue weighted by Gasteiger charge is 2.22. The van der Waals surface area contributed by atoms with Crippen molar-refractivity contribution in [2.45, 2.75) is 25.7 Å². The minimum Gasteiger partial charge on any atom is -0.455 e. The number of nitrogens with zero attached hydrogens (tertiary/aromatic N) is 1. The Kier molecular flexibility index (Phi) is 4.66. The number of ketones is 1. The monoisotopic (exact) mass is 333 g/mol. The van der Waals surface area contributed by atoms with E-state index in [1.54, 1.807) is 0 Å². The molecule has 4 rings (SSSR count). The maximum Gasteiger partial charge on any atom is 0.168 e. The fraction of sp³-hybridized carbons (Fsp3) is 0.318. The molecule has 128 valence electrons. The van der Waals surface area contributed by atoms with Gasteiger partial charge in [-0.25, -0.2) is 0 Å². The van der Waals surface area contributed by atoms with E-state index in [2.05, 4.69) is 4.90 Å². The van der Waals surface area contributed by atoms with Gasteiger partial charge in [-0.05, 0) is 32.0 Å². The van der Waals surface area contributed by atoms with Crippen molar-refractivity contribution in [2.75, 3.05) is 19.6 Å². The summed E-state index contributed by atoms with van der Waals surface area (Å²) in [5.41, 5.74) is 2.47. The summed E-state index contributed by atoms with van der Waals surface area (Å²) in [5, 5.41) is 0.921. The molecule has 1 saturated heterocycles. The van der Waals surface area contributed by atoms with Crippen molar-refractivity contribution in [1.29, 1.82) is 0 Å². The Bertz CT molecular complexity index is 860. The van der Waals surface area contributed by atoms with Crippen molar-refractivity contribution < 1.29 is 9.21 Å². The summed E-state index contributed by atoms with van der Waals surface area (Å²) in [7, 11) is 0. The van der Waals surface area contributed by atoms with Gasteiger partial charge in [0.25, 0.3) is 0 Å². The molecule has 0 amide bonds. The number of carbonyl (C=O) groups is 1. The molecule has 3 nitrogen and oxygen atoms in total. The van der Waals surface area contributed by atoms with Crippen LogP contribution in [0.25, 0.3) is 22.3 Å². The number of hydrogen-bond acceptors (Lipinski definition) is 3. The van der Waals surface area contributed by atoms with Crippen LogP contribution in [0.2, 0.25) is 0 Å². The van der Waals surface area contributed by atoms with E-state index in [0.717, 1.165) is 41.7 Å². The molecule has 0 unspecified atom stereocenters. The van der Waals surface area contributed by atoms with Gasteiger partial charge in [0.15, 0.2) is 5.78 Å². The van der Waals surface area contributed by atoms with Gasteiger partial charge in [0, 0.05) is 23.9 Å². The summed E-state index contributed by atoms with van der Waals surface area (Å²) in [5.74, 6) is 0.875. The Balaban J connectivity index is 1.66. The third-order valence-electron chi connectivity index (χ3n) is 5.01. The molecule has 1 aromatic heterocycles. The van der Waals surface area contributed by atoms with Crippen LogP contribution in [0.4, 0.5) is 0 Å². The molecule has 0 atom stereocenters. The number of likely N-dealkylation sites (tertiary alicyclic amines) is 1. The Morgan fingerprint density at radius 2 is 1.64 bits per heavy atom. The molecule has 2 heterocycles. The summed E-state index contributed by atoms with van der Waals surface area (Å²) in [6.45, 7) is 3.07. The van der Waals surface area contributed by atoms with Gasteiger partial charge in [-0.2, -0.15) is 0 Å². The van der Waals surface area contributed by atoms with E-state index in [9.17, 15) is 4.79 Å². The normalized spacial score (nSPS) is 15.5. The standard InChI is InChI=1S/C22H23NO2/c24-19(13-16-23-14-7-2-8-15-23)21-18-11-5-6-12-20(18)25-22(21)17-9-3-1-4-10-17/h1,3-6,9-12H,2,7-8,13-16H2. The van der Waals surface area contributed by atoms with Gasteiger partial charge in [-0.1, -0.05) is 55.0 Å². The number of carbonyl (C=O) groups excluding carboxylic acids is 1. The maximum atomic E-state index is 13.1.